The van der Waals surface area contributed by atoms with Gasteiger partial charge in [-0.15, -0.1) is 0 Å². The topological polar surface area (TPSA) is 24.9 Å². The lowest BCUT2D eigenvalue weighted by atomic mass is 10.0. The van der Waals surface area contributed by atoms with Gasteiger partial charge in [0.05, 0.1) is 5.52 Å². The molecule has 2 heterocycles. The minimum absolute atomic E-state index is 0.608. The predicted molar refractivity (Wildman–Crippen MR) is 68.3 cm³/mol. The summed E-state index contributed by atoms with van der Waals surface area (Å²) in [6.07, 6.45) is 2.32. The average molecular weight is 233 g/mol. The van der Waals surface area contributed by atoms with Crippen LogP contribution in [-0.2, 0) is 6.42 Å². The number of hydrogen-bond donors (Lipinski definition) is 1. The molecule has 2 aromatic rings. The quantitative estimate of drug-likeness (QED) is 0.703. The molecule has 0 unspecified atom stereocenters. The van der Waals surface area contributed by atoms with Gasteiger partial charge in [-0.2, -0.15) is 0 Å². The Balaban J connectivity index is 2.27. The lowest BCUT2D eigenvalue weighted by Gasteiger charge is -2.18. The summed E-state index contributed by atoms with van der Waals surface area (Å²) >= 11 is 6.04. The van der Waals surface area contributed by atoms with Crippen LogP contribution in [0, 0.1) is 6.92 Å². The van der Waals surface area contributed by atoms with E-state index in [1.165, 1.54) is 17.7 Å². The van der Waals surface area contributed by atoms with Gasteiger partial charge < -0.3 is 5.32 Å². The maximum absolute atomic E-state index is 6.04. The highest BCUT2D eigenvalue weighted by molar-refractivity contribution is 6.30. The van der Waals surface area contributed by atoms with E-state index >= 15 is 0 Å². The van der Waals surface area contributed by atoms with Gasteiger partial charge in [-0.3, -0.25) is 0 Å². The minimum Gasteiger partial charge on any atom is -0.385 e. The fourth-order valence-corrected chi connectivity index (χ4v) is 2.37. The highest BCUT2D eigenvalue weighted by Crippen LogP contribution is 2.28. The second-order valence-electron chi connectivity index (χ2n) is 4.33. The standard InChI is InChI=1S/C13H13ClN2/c1-8-5-10-7-11-9(3-2-4-15-11)6-12(10)16-13(8)14/h5-7,15H,2-4H2,1H3. The molecule has 0 amide bonds. The van der Waals surface area contributed by atoms with Crippen LogP contribution in [0.3, 0.4) is 0 Å². The van der Waals surface area contributed by atoms with Crippen LogP contribution < -0.4 is 5.32 Å². The molecular formula is C13H13ClN2. The molecule has 0 atom stereocenters. The normalized spacial score (nSPS) is 14.6. The molecule has 0 saturated heterocycles. The summed E-state index contributed by atoms with van der Waals surface area (Å²) in [5.41, 5.74) is 4.64. The molecule has 82 valence electrons. The number of anilines is 1. The average Bonchev–Trinajstić information content (AvgIpc) is 2.28. The zero-order valence-corrected chi connectivity index (χ0v) is 9.93. The van der Waals surface area contributed by atoms with E-state index in [-0.39, 0.29) is 0 Å². The van der Waals surface area contributed by atoms with Crippen molar-refractivity contribution in [1.29, 1.82) is 0 Å². The molecule has 3 rings (SSSR count). The van der Waals surface area contributed by atoms with Crippen molar-refractivity contribution in [3.05, 3.63) is 34.5 Å². The first-order chi connectivity index (χ1) is 7.74. The smallest absolute Gasteiger partial charge is 0.132 e. The Kier molecular flexibility index (Phi) is 2.25. The zero-order chi connectivity index (χ0) is 11.1. The molecule has 0 fully saturated rings. The molecule has 0 radical (unpaired) electrons. The number of nitrogens with zero attached hydrogens (tertiary/aromatic N) is 1. The van der Waals surface area contributed by atoms with E-state index in [2.05, 4.69) is 28.5 Å². The molecule has 1 aromatic heterocycles. The maximum Gasteiger partial charge on any atom is 0.132 e. The number of nitrogens with one attached hydrogen (secondary N) is 1. The molecule has 0 aliphatic carbocycles. The number of rotatable bonds is 0. The number of aromatic nitrogens is 1. The molecule has 1 N–H and O–H groups in total. The van der Waals surface area contributed by atoms with E-state index in [1.54, 1.807) is 0 Å². The summed E-state index contributed by atoms with van der Waals surface area (Å²) in [7, 11) is 0. The van der Waals surface area contributed by atoms with Crippen molar-refractivity contribution in [2.75, 3.05) is 11.9 Å². The zero-order valence-electron chi connectivity index (χ0n) is 9.18. The summed E-state index contributed by atoms with van der Waals surface area (Å²) in [6, 6.07) is 6.43. The Labute approximate surface area is 99.6 Å². The van der Waals surface area contributed by atoms with Crippen LogP contribution in [0.4, 0.5) is 5.69 Å². The maximum atomic E-state index is 6.04. The Morgan fingerprint density at radius 3 is 3.06 bits per heavy atom. The molecule has 3 heteroatoms. The second-order valence-corrected chi connectivity index (χ2v) is 4.69. The van der Waals surface area contributed by atoms with E-state index in [1.807, 2.05) is 6.92 Å². The summed E-state index contributed by atoms with van der Waals surface area (Å²) < 4.78 is 0. The summed E-state index contributed by atoms with van der Waals surface area (Å²) in [6.45, 7) is 3.06. The highest BCUT2D eigenvalue weighted by Gasteiger charge is 2.11. The van der Waals surface area contributed by atoms with Crippen molar-refractivity contribution in [2.45, 2.75) is 19.8 Å². The third-order valence-corrected chi connectivity index (χ3v) is 3.49. The van der Waals surface area contributed by atoms with E-state index in [0.29, 0.717) is 5.15 Å². The van der Waals surface area contributed by atoms with Crippen molar-refractivity contribution in [1.82, 2.24) is 4.98 Å². The third kappa shape index (κ3) is 1.54. The molecule has 0 saturated carbocycles. The van der Waals surface area contributed by atoms with Gasteiger partial charge in [0, 0.05) is 17.6 Å². The van der Waals surface area contributed by atoms with Crippen LogP contribution in [0.1, 0.15) is 17.5 Å². The predicted octanol–water partition coefficient (Wildman–Crippen LogP) is 3.55. The van der Waals surface area contributed by atoms with Gasteiger partial charge in [-0.1, -0.05) is 11.6 Å². The number of fused-ring (bicyclic) bond motifs is 2. The van der Waals surface area contributed by atoms with Gasteiger partial charge in [-0.05, 0) is 49.1 Å². The van der Waals surface area contributed by atoms with Crippen molar-refractivity contribution in [3.63, 3.8) is 0 Å². The first-order valence-corrected chi connectivity index (χ1v) is 5.95. The van der Waals surface area contributed by atoms with Gasteiger partial charge in [0.2, 0.25) is 0 Å². The van der Waals surface area contributed by atoms with Gasteiger partial charge in [0.25, 0.3) is 0 Å². The fourth-order valence-electron chi connectivity index (χ4n) is 2.22. The van der Waals surface area contributed by atoms with Crippen molar-refractivity contribution in [3.8, 4) is 0 Å². The lowest BCUT2D eigenvalue weighted by molar-refractivity contribution is 0.831. The van der Waals surface area contributed by atoms with E-state index in [0.717, 1.165) is 29.4 Å². The Morgan fingerprint density at radius 1 is 1.31 bits per heavy atom. The monoisotopic (exact) mass is 232 g/mol. The lowest BCUT2D eigenvalue weighted by Crippen LogP contribution is -2.11. The fraction of sp³-hybridized carbons (Fsp3) is 0.308. The first kappa shape index (κ1) is 9.91. The summed E-state index contributed by atoms with van der Waals surface area (Å²) in [5.74, 6) is 0. The largest absolute Gasteiger partial charge is 0.385 e. The van der Waals surface area contributed by atoms with E-state index in [4.69, 9.17) is 11.6 Å². The number of hydrogen-bond acceptors (Lipinski definition) is 2. The van der Waals surface area contributed by atoms with Gasteiger partial charge >= 0.3 is 0 Å². The van der Waals surface area contributed by atoms with Crippen LogP contribution in [0.25, 0.3) is 10.9 Å². The van der Waals surface area contributed by atoms with E-state index < -0.39 is 0 Å². The van der Waals surface area contributed by atoms with Gasteiger partial charge in [0.15, 0.2) is 0 Å². The Hall–Kier alpha value is -1.28. The van der Waals surface area contributed by atoms with Gasteiger partial charge in [-0.25, -0.2) is 4.98 Å². The highest BCUT2D eigenvalue weighted by atomic mass is 35.5. The minimum atomic E-state index is 0.608. The van der Waals surface area contributed by atoms with Crippen molar-refractivity contribution < 1.29 is 0 Å². The molecule has 0 bridgehead atoms. The van der Waals surface area contributed by atoms with Crippen LogP contribution in [-0.4, -0.2) is 11.5 Å². The van der Waals surface area contributed by atoms with Crippen molar-refractivity contribution in [2.24, 2.45) is 0 Å². The molecule has 1 aromatic carbocycles. The first-order valence-electron chi connectivity index (χ1n) is 5.58. The molecular weight excluding hydrogens is 220 g/mol. The van der Waals surface area contributed by atoms with Gasteiger partial charge in [0.1, 0.15) is 5.15 Å². The SMILES string of the molecule is Cc1cc2cc3c(cc2nc1Cl)CCCN3. The van der Waals surface area contributed by atoms with Crippen molar-refractivity contribution >= 4 is 28.2 Å². The number of aryl methyl sites for hydroxylation is 2. The number of benzene rings is 1. The molecule has 1 aliphatic rings. The summed E-state index contributed by atoms with van der Waals surface area (Å²) in [5, 5.41) is 5.20. The second kappa shape index (κ2) is 3.63. The van der Waals surface area contributed by atoms with Crippen LogP contribution >= 0.6 is 11.6 Å². The summed E-state index contributed by atoms with van der Waals surface area (Å²) in [4.78, 5) is 4.42. The number of halogens is 1. The van der Waals surface area contributed by atoms with Crippen LogP contribution in [0.2, 0.25) is 5.15 Å². The van der Waals surface area contributed by atoms with Crippen LogP contribution in [0.5, 0.6) is 0 Å². The Bertz CT molecular complexity index is 513. The van der Waals surface area contributed by atoms with E-state index in [9.17, 15) is 0 Å². The molecule has 1 aliphatic heterocycles. The Morgan fingerprint density at radius 2 is 2.19 bits per heavy atom. The van der Waals surface area contributed by atoms with Crippen LogP contribution in [0.15, 0.2) is 18.2 Å². The molecule has 0 spiro atoms. The third-order valence-electron chi connectivity index (χ3n) is 3.11. The number of pyridine rings is 1. The molecule has 16 heavy (non-hydrogen) atoms. The molecule has 2 nitrogen and oxygen atoms in total.